The van der Waals surface area contributed by atoms with Crippen LogP contribution >= 0.6 is 0 Å². The maximum atomic E-state index is 11.5. The summed E-state index contributed by atoms with van der Waals surface area (Å²) in [5, 5.41) is 13.9. The van der Waals surface area contributed by atoms with Crippen molar-refractivity contribution in [3.8, 4) is 6.07 Å². The number of imide groups is 1. The number of aromatic nitrogens is 1. The topological polar surface area (TPSA) is 94.9 Å². The molecule has 0 aromatic carbocycles. The first-order chi connectivity index (χ1) is 8.19. The van der Waals surface area contributed by atoms with Crippen LogP contribution in [0.25, 0.3) is 0 Å². The lowest BCUT2D eigenvalue weighted by Gasteiger charge is -2.22. The molecule has 1 unspecified atom stereocenters. The van der Waals surface area contributed by atoms with Gasteiger partial charge in [-0.2, -0.15) is 5.26 Å². The molecule has 1 aliphatic heterocycles. The number of piperidine rings is 1. The number of pyridine rings is 1. The Hall–Kier alpha value is -2.42. The van der Waals surface area contributed by atoms with Gasteiger partial charge in [0.2, 0.25) is 11.8 Å². The number of amides is 2. The second-order valence-electron chi connectivity index (χ2n) is 3.69. The van der Waals surface area contributed by atoms with E-state index in [4.69, 9.17) is 5.26 Å². The second kappa shape index (κ2) is 4.61. The third kappa shape index (κ3) is 2.58. The zero-order valence-corrected chi connectivity index (χ0v) is 8.93. The van der Waals surface area contributed by atoms with Crippen LogP contribution in [0.2, 0.25) is 0 Å². The van der Waals surface area contributed by atoms with Crippen LogP contribution in [0.5, 0.6) is 0 Å². The van der Waals surface area contributed by atoms with Crippen molar-refractivity contribution in [1.29, 1.82) is 5.26 Å². The second-order valence-corrected chi connectivity index (χ2v) is 3.69. The molecule has 17 heavy (non-hydrogen) atoms. The van der Waals surface area contributed by atoms with E-state index in [0.717, 1.165) is 0 Å². The first kappa shape index (κ1) is 11.1. The van der Waals surface area contributed by atoms with Crippen molar-refractivity contribution in [1.82, 2.24) is 10.3 Å². The van der Waals surface area contributed by atoms with Crippen LogP contribution in [0.1, 0.15) is 18.4 Å². The summed E-state index contributed by atoms with van der Waals surface area (Å²) in [5.74, 6) is -0.157. The van der Waals surface area contributed by atoms with Gasteiger partial charge in [-0.1, -0.05) is 0 Å². The van der Waals surface area contributed by atoms with Gasteiger partial charge in [-0.05, 0) is 18.6 Å². The fraction of sp³-hybridized carbons (Fsp3) is 0.273. The Kier molecular flexibility index (Phi) is 3.01. The van der Waals surface area contributed by atoms with Crippen molar-refractivity contribution in [2.24, 2.45) is 0 Å². The quantitative estimate of drug-likeness (QED) is 0.706. The summed E-state index contributed by atoms with van der Waals surface area (Å²) in [7, 11) is 0. The Bertz CT molecular complexity index is 506. The average Bonchev–Trinajstić information content (AvgIpc) is 2.33. The van der Waals surface area contributed by atoms with Crippen LogP contribution < -0.4 is 10.6 Å². The van der Waals surface area contributed by atoms with E-state index in [1.165, 1.54) is 6.20 Å². The molecule has 0 saturated carbocycles. The van der Waals surface area contributed by atoms with Gasteiger partial charge in [0, 0.05) is 12.6 Å². The maximum Gasteiger partial charge on any atom is 0.249 e. The molecule has 1 aliphatic rings. The standard InChI is InChI=1S/C11H10N4O2/c12-6-7-3-4-13-9(5-7)14-8-1-2-10(16)15-11(8)17/h3-5,8H,1-2H2,(H,13,14)(H,15,16,17). The molecule has 0 radical (unpaired) electrons. The number of rotatable bonds is 2. The number of nitrogens with zero attached hydrogens (tertiary/aromatic N) is 2. The third-order valence-electron chi connectivity index (χ3n) is 2.45. The molecule has 86 valence electrons. The van der Waals surface area contributed by atoms with Gasteiger partial charge in [-0.15, -0.1) is 0 Å². The zero-order valence-electron chi connectivity index (χ0n) is 8.93. The molecule has 2 rings (SSSR count). The van der Waals surface area contributed by atoms with Gasteiger partial charge in [0.15, 0.2) is 0 Å². The van der Waals surface area contributed by atoms with Gasteiger partial charge < -0.3 is 5.32 Å². The van der Waals surface area contributed by atoms with Crippen LogP contribution in [0.3, 0.4) is 0 Å². The van der Waals surface area contributed by atoms with Crippen LogP contribution in [-0.4, -0.2) is 22.8 Å². The van der Waals surface area contributed by atoms with Crippen molar-refractivity contribution in [3.63, 3.8) is 0 Å². The minimum Gasteiger partial charge on any atom is -0.358 e. The lowest BCUT2D eigenvalue weighted by Crippen LogP contribution is -2.47. The van der Waals surface area contributed by atoms with E-state index in [2.05, 4.69) is 15.6 Å². The first-order valence-electron chi connectivity index (χ1n) is 5.15. The molecule has 1 aromatic heterocycles. The Morgan fingerprint density at radius 1 is 1.53 bits per heavy atom. The van der Waals surface area contributed by atoms with Crippen molar-refractivity contribution in [3.05, 3.63) is 23.9 Å². The number of carbonyl (C=O) groups is 2. The molecule has 1 atom stereocenters. The highest BCUT2D eigenvalue weighted by atomic mass is 16.2. The van der Waals surface area contributed by atoms with Gasteiger partial charge in [-0.25, -0.2) is 4.98 Å². The smallest absolute Gasteiger partial charge is 0.249 e. The minimum absolute atomic E-state index is 0.258. The fourth-order valence-electron chi connectivity index (χ4n) is 1.59. The molecule has 2 amide bonds. The van der Waals surface area contributed by atoms with Gasteiger partial charge in [0.1, 0.15) is 11.9 Å². The normalized spacial score (nSPS) is 19.4. The molecule has 1 saturated heterocycles. The van der Waals surface area contributed by atoms with E-state index in [9.17, 15) is 9.59 Å². The van der Waals surface area contributed by atoms with Crippen LogP contribution in [0, 0.1) is 11.3 Å². The molecule has 1 aromatic rings. The molecule has 2 heterocycles. The van der Waals surface area contributed by atoms with E-state index in [1.807, 2.05) is 6.07 Å². The zero-order chi connectivity index (χ0) is 12.3. The maximum absolute atomic E-state index is 11.5. The van der Waals surface area contributed by atoms with Crippen molar-refractivity contribution >= 4 is 17.6 Å². The first-order valence-corrected chi connectivity index (χ1v) is 5.15. The van der Waals surface area contributed by atoms with E-state index >= 15 is 0 Å². The summed E-state index contributed by atoms with van der Waals surface area (Å²) in [5.41, 5.74) is 0.467. The molecule has 0 aliphatic carbocycles. The van der Waals surface area contributed by atoms with E-state index in [-0.39, 0.29) is 11.8 Å². The highest BCUT2D eigenvalue weighted by Gasteiger charge is 2.26. The van der Waals surface area contributed by atoms with Crippen LogP contribution in [-0.2, 0) is 9.59 Å². The molecule has 1 fully saturated rings. The molecule has 0 spiro atoms. The van der Waals surface area contributed by atoms with Gasteiger partial charge in [-0.3, -0.25) is 14.9 Å². The lowest BCUT2D eigenvalue weighted by molar-refractivity contribution is -0.133. The van der Waals surface area contributed by atoms with E-state index < -0.39 is 6.04 Å². The Labute approximate surface area is 97.7 Å². The summed E-state index contributed by atoms with van der Waals surface area (Å²) in [6.07, 6.45) is 2.23. The average molecular weight is 230 g/mol. The summed E-state index contributed by atoms with van der Waals surface area (Å²) >= 11 is 0. The van der Waals surface area contributed by atoms with Gasteiger partial charge in [0.25, 0.3) is 0 Å². The fourth-order valence-corrected chi connectivity index (χ4v) is 1.59. The van der Waals surface area contributed by atoms with E-state index in [0.29, 0.717) is 24.2 Å². The molecular formula is C11H10N4O2. The molecule has 0 bridgehead atoms. The van der Waals surface area contributed by atoms with Gasteiger partial charge >= 0.3 is 0 Å². The summed E-state index contributed by atoms with van der Waals surface area (Å²) < 4.78 is 0. The van der Waals surface area contributed by atoms with Crippen LogP contribution in [0.15, 0.2) is 18.3 Å². The number of nitrogens with one attached hydrogen (secondary N) is 2. The highest BCUT2D eigenvalue weighted by molar-refractivity contribution is 6.01. The molecule has 6 heteroatoms. The number of anilines is 1. The van der Waals surface area contributed by atoms with Crippen molar-refractivity contribution in [2.45, 2.75) is 18.9 Å². The monoisotopic (exact) mass is 230 g/mol. The SMILES string of the molecule is N#Cc1ccnc(NC2CCC(=O)NC2=O)c1. The van der Waals surface area contributed by atoms with Gasteiger partial charge in [0.05, 0.1) is 11.6 Å². The minimum atomic E-state index is -0.478. The van der Waals surface area contributed by atoms with Crippen molar-refractivity contribution in [2.75, 3.05) is 5.32 Å². The molecule has 2 N–H and O–H groups in total. The third-order valence-corrected chi connectivity index (χ3v) is 2.45. The summed E-state index contributed by atoms with van der Waals surface area (Å²) in [4.78, 5) is 26.4. The molecule has 6 nitrogen and oxygen atoms in total. The number of hydrogen-bond donors (Lipinski definition) is 2. The lowest BCUT2D eigenvalue weighted by atomic mass is 10.1. The Morgan fingerprint density at radius 3 is 3.06 bits per heavy atom. The predicted octanol–water partition coefficient (Wildman–Crippen LogP) is 0.170. The highest BCUT2D eigenvalue weighted by Crippen LogP contribution is 2.12. The number of nitriles is 1. The number of carbonyl (C=O) groups excluding carboxylic acids is 2. The number of hydrogen-bond acceptors (Lipinski definition) is 5. The predicted molar refractivity (Wildman–Crippen MR) is 58.7 cm³/mol. The summed E-state index contributed by atoms with van der Waals surface area (Å²) in [6, 6.07) is 4.65. The molecular weight excluding hydrogens is 220 g/mol. The van der Waals surface area contributed by atoms with Crippen molar-refractivity contribution < 1.29 is 9.59 Å². The van der Waals surface area contributed by atoms with Crippen LogP contribution in [0.4, 0.5) is 5.82 Å². The Balaban J connectivity index is 2.08. The summed E-state index contributed by atoms with van der Waals surface area (Å²) in [6.45, 7) is 0. The Morgan fingerprint density at radius 2 is 2.35 bits per heavy atom. The largest absolute Gasteiger partial charge is 0.358 e. The van der Waals surface area contributed by atoms with E-state index in [1.54, 1.807) is 12.1 Å².